The largest absolute Gasteiger partial charge is 0.393 e. The molecule has 0 aliphatic rings. The minimum absolute atomic E-state index is 0.234. The Hall–Kier alpha value is -0.450. The monoisotopic (exact) mass is 289 g/mol. The molecule has 4 heteroatoms. The van der Waals surface area contributed by atoms with Gasteiger partial charge in [0.1, 0.15) is 5.82 Å². The molecule has 1 aromatic rings. The first kappa shape index (κ1) is 13.6. The van der Waals surface area contributed by atoms with Crippen LogP contribution in [0, 0.1) is 5.82 Å². The highest BCUT2D eigenvalue weighted by Crippen LogP contribution is 2.19. The number of nitrogens with zero attached hydrogens (tertiary/aromatic N) is 1. The molecular formula is C12H17BrFNO. The van der Waals surface area contributed by atoms with Gasteiger partial charge in [-0.2, -0.15) is 0 Å². The number of benzene rings is 1. The standard InChI is InChI=1S/C12H17BrFNO/c1-9(16)5-6-15(2)8-10-3-4-11(14)7-12(10)13/h3-4,7,9,16H,5-6,8H2,1-2H3. The number of hydrogen-bond acceptors (Lipinski definition) is 2. The van der Waals surface area contributed by atoms with Crippen LogP contribution in [-0.4, -0.2) is 29.7 Å². The molecule has 0 aliphatic carbocycles. The van der Waals surface area contributed by atoms with Crippen molar-refractivity contribution < 1.29 is 9.50 Å². The van der Waals surface area contributed by atoms with Gasteiger partial charge in [0.25, 0.3) is 0 Å². The maximum atomic E-state index is 12.9. The molecule has 0 amide bonds. The smallest absolute Gasteiger partial charge is 0.124 e. The van der Waals surface area contributed by atoms with Crippen LogP contribution in [0.2, 0.25) is 0 Å². The normalized spacial score (nSPS) is 13.1. The van der Waals surface area contributed by atoms with Crippen LogP contribution < -0.4 is 0 Å². The first-order valence-corrected chi connectivity index (χ1v) is 6.09. The van der Waals surface area contributed by atoms with Gasteiger partial charge in [0, 0.05) is 17.6 Å². The Balaban J connectivity index is 2.52. The van der Waals surface area contributed by atoms with Crippen LogP contribution in [0.5, 0.6) is 0 Å². The number of rotatable bonds is 5. The average molecular weight is 290 g/mol. The first-order valence-electron chi connectivity index (χ1n) is 5.29. The fourth-order valence-corrected chi connectivity index (χ4v) is 1.90. The maximum Gasteiger partial charge on any atom is 0.124 e. The molecule has 1 rings (SSSR count). The Bertz CT molecular complexity index is 344. The van der Waals surface area contributed by atoms with Crippen molar-refractivity contribution >= 4 is 15.9 Å². The van der Waals surface area contributed by atoms with Crippen molar-refractivity contribution in [3.63, 3.8) is 0 Å². The zero-order chi connectivity index (χ0) is 12.1. The highest BCUT2D eigenvalue weighted by Gasteiger charge is 2.06. The second-order valence-corrected chi connectivity index (χ2v) is 4.97. The van der Waals surface area contributed by atoms with Crippen LogP contribution in [0.25, 0.3) is 0 Å². The van der Waals surface area contributed by atoms with E-state index in [1.807, 2.05) is 7.05 Å². The molecule has 2 nitrogen and oxygen atoms in total. The highest BCUT2D eigenvalue weighted by molar-refractivity contribution is 9.10. The predicted molar refractivity (Wildman–Crippen MR) is 66.7 cm³/mol. The van der Waals surface area contributed by atoms with Crippen LogP contribution in [0.15, 0.2) is 22.7 Å². The SMILES string of the molecule is CC(O)CCN(C)Cc1ccc(F)cc1Br. The summed E-state index contributed by atoms with van der Waals surface area (Å²) in [7, 11) is 1.98. The van der Waals surface area contributed by atoms with Crippen LogP contribution >= 0.6 is 15.9 Å². The van der Waals surface area contributed by atoms with Gasteiger partial charge in [0.2, 0.25) is 0 Å². The Kier molecular flexibility index (Phi) is 5.38. The lowest BCUT2D eigenvalue weighted by Gasteiger charge is -2.18. The zero-order valence-corrected chi connectivity index (χ0v) is 11.2. The molecule has 0 aromatic heterocycles. The Morgan fingerprint density at radius 3 is 2.75 bits per heavy atom. The summed E-state index contributed by atoms with van der Waals surface area (Å²) in [5, 5.41) is 9.17. The van der Waals surface area contributed by atoms with Gasteiger partial charge in [-0.15, -0.1) is 0 Å². The molecule has 0 aliphatic heterocycles. The molecule has 1 unspecified atom stereocenters. The number of aliphatic hydroxyl groups is 1. The van der Waals surface area contributed by atoms with Crippen molar-refractivity contribution in [2.24, 2.45) is 0 Å². The summed E-state index contributed by atoms with van der Waals surface area (Å²) < 4.78 is 13.7. The van der Waals surface area contributed by atoms with E-state index in [0.29, 0.717) is 0 Å². The van der Waals surface area contributed by atoms with Gasteiger partial charge in [-0.1, -0.05) is 22.0 Å². The molecule has 90 valence electrons. The third-order valence-corrected chi connectivity index (χ3v) is 3.12. The molecule has 1 aromatic carbocycles. The van der Waals surface area contributed by atoms with E-state index in [4.69, 9.17) is 0 Å². The van der Waals surface area contributed by atoms with Gasteiger partial charge in [-0.3, -0.25) is 0 Å². The Morgan fingerprint density at radius 2 is 2.19 bits per heavy atom. The van der Waals surface area contributed by atoms with Crippen molar-refractivity contribution in [1.29, 1.82) is 0 Å². The number of halogens is 2. The highest BCUT2D eigenvalue weighted by atomic mass is 79.9. The Labute approximate surface area is 104 Å². The second kappa shape index (κ2) is 6.33. The second-order valence-electron chi connectivity index (χ2n) is 4.11. The lowest BCUT2D eigenvalue weighted by Crippen LogP contribution is -2.22. The Morgan fingerprint density at radius 1 is 1.50 bits per heavy atom. The fraction of sp³-hybridized carbons (Fsp3) is 0.500. The molecule has 0 fully saturated rings. The van der Waals surface area contributed by atoms with E-state index in [-0.39, 0.29) is 11.9 Å². The molecule has 0 spiro atoms. The lowest BCUT2D eigenvalue weighted by atomic mass is 10.2. The quantitative estimate of drug-likeness (QED) is 0.901. The van der Waals surface area contributed by atoms with Crippen molar-refractivity contribution in [3.8, 4) is 0 Å². The van der Waals surface area contributed by atoms with E-state index >= 15 is 0 Å². The summed E-state index contributed by atoms with van der Waals surface area (Å²) >= 11 is 3.34. The van der Waals surface area contributed by atoms with Gasteiger partial charge in [-0.25, -0.2) is 4.39 Å². The molecule has 0 heterocycles. The van der Waals surface area contributed by atoms with Crippen LogP contribution in [0.4, 0.5) is 4.39 Å². The van der Waals surface area contributed by atoms with Gasteiger partial charge in [-0.05, 0) is 38.1 Å². The van der Waals surface area contributed by atoms with Crippen LogP contribution in [0.1, 0.15) is 18.9 Å². The van der Waals surface area contributed by atoms with E-state index in [0.717, 1.165) is 29.5 Å². The minimum atomic E-state index is -0.279. The summed E-state index contributed by atoms with van der Waals surface area (Å²) in [6.07, 6.45) is 0.467. The summed E-state index contributed by atoms with van der Waals surface area (Å²) in [4.78, 5) is 2.10. The lowest BCUT2D eigenvalue weighted by molar-refractivity contribution is 0.163. The molecular weight excluding hydrogens is 273 g/mol. The van der Waals surface area contributed by atoms with Crippen molar-refractivity contribution in [2.45, 2.75) is 26.0 Å². The van der Waals surface area contributed by atoms with Crippen LogP contribution in [-0.2, 0) is 6.54 Å². The molecule has 0 bridgehead atoms. The maximum absolute atomic E-state index is 12.9. The van der Waals surface area contributed by atoms with Gasteiger partial charge in [0.15, 0.2) is 0 Å². The zero-order valence-electron chi connectivity index (χ0n) is 9.58. The van der Waals surface area contributed by atoms with Crippen molar-refractivity contribution in [1.82, 2.24) is 4.90 Å². The van der Waals surface area contributed by atoms with Crippen LogP contribution in [0.3, 0.4) is 0 Å². The summed E-state index contributed by atoms with van der Waals surface area (Å²) in [5.41, 5.74) is 1.05. The minimum Gasteiger partial charge on any atom is -0.393 e. The van der Waals surface area contributed by atoms with E-state index in [9.17, 15) is 9.50 Å². The number of aliphatic hydroxyl groups excluding tert-OH is 1. The number of hydrogen-bond donors (Lipinski definition) is 1. The predicted octanol–water partition coefficient (Wildman–Crippen LogP) is 2.79. The summed E-state index contributed by atoms with van der Waals surface area (Å²) in [6, 6.07) is 4.71. The third-order valence-electron chi connectivity index (χ3n) is 2.38. The topological polar surface area (TPSA) is 23.5 Å². The molecule has 0 saturated carbocycles. The van der Waals surface area contributed by atoms with Gasteiger partial charge >= 0.3 is 0 Å². The molecule has 1 N–H and O–H groups in total. The van der Waals surface area contributed by atoms with E-state index in [2.05, 4.69) is 20.8 Å². The molecule has 1 atom stereocenters. The van der Waals surface area contributed by atoms with Crippen molar-refractivity contribution in [3.05, 3.63) is 34.1 Å². The van der Waals surface area contributed by atoms with Crippen molar-refractivity contribution in [2.75, 3.05) is 13.6 Å². The molecule has 16 heavy (non-hydrogen) atoms. The van der Waals surface area contributed by atoms with Gasteiger partial charge < -0.3 is 10.0 Å². The van der Waals surface area contributed by atoms with E-state index < -0.39 is 0 Å². The molecule has 0 radical (unpaired) electrons. The summed E-state index contributed by atoms with van der Waals surface area (Å²) in [5.74, 6) is -0.234. The average Bonchev–Trinajstić information content (AvgIpc) is 2.19. The first-order chi connectivity index (χ1) is 7.49. The fourth-order valence-electron chi connectivity index (χ4n) is 1.43. The van der Waals surface area contributed by atoms with Gasteiger partial charge in [0.05, 0.1) is 6.10 Å². The molecule has 0 saturated heterocycles. The van der Waals surface area contributed by atoms with E-state index in [1.54, 1.807) is 13.0 Å². The summed E-state index contributed by atoms with van der Waals surface area (Å²) in [6.45, 7) is 3.34. The third kappa shape index (κ3) is 4.60. The van der Waals surface area contributed by atoms with E-state index in [1.165, 1.54) is 12.1 Å².